The summed E-state index contributed by atoms with van der Waals surface area (Å²) in [6.45, 7) is 1.90. The van der Waals surface area contributed by atoms with Gasteiger partial charge in [0.05, 0.1) is 11.4 Å². The predicted molar refractivity (Wildman–Crippen MR) is 84.4 cm³/mol. The molecule has 0 aliphatic carbocycles. The largest absolute Gasteiger partial charge is 0.508 e. The molecule has 0 amide bonds. The van der Waals surface area contributed by atoms with E-state index in [-0.39, 0.29) is 18.6 Å². The third-order valence-corrected chi connectivity index (χ3v) is 3.51. The van der Waals surface area contributed by atoms with Gasteiger partial charge in [-0.3, -0.25) is 4.79 Å². The van der Waals surface area contributed by atoms with Gasteiger partial charge in [0.25, 0.3) is 0 Å². The summed E-state index contributed by atoms with van der Waals surface area (Å²) in [6, 6.07) is 10.1. The molecule has 22 heavy (non-hydrogen) atoms. The van der Waals surface area contributed by atoms with Gasteiger partial charge in [-0.25, -0.2) is 0 Å². The standard InChI is InChI=1S/C16H15ClN2O3/c1-10-2-4-13(9-14(10)17)19-18-12-5-6-15(20)11(8-12)3-7-16(21)22/h2,4-6,8-9,20H,3,7H2,1H3,(H,21,22)/b19-18+. The Labute approximate surface area is 132 Å². The highest BCUT2D eigenvalue weighted by Gasteiger charge is 2.06. The quantitative estimate of drug-likeness (QED) is 0.778. The minimum absolute atomic E-state index is 0.0538. The second-order valence-electron chi connectivity index (χ2n) is 4.84. The first-order chi connectivity index (χ1) is 10.5. The Morgan fingerprint density at radius 2 is 1.77 bits per heavy atom. The maximum atomic E-state index is 10.6. The van der Waals surface area contributed by atoms with E-state index in [9.17, 15) is 9.90 Å². The molecule has 6 heteroatoms. The summed E-state index contributed by atoms with van der Waals surface area (Å²) in [5.74, 6) is -0.862. The Morgan fingerprint density at radius 3 is 2.41 bits per heavy atom. The maximum absolute atomic E-state index is 10.6. The van der Waals surface area contributed by atoms with Crippen molar-refractivity contribution in [1.82, 2.24) is 0 Å². The number of aryl methyl sites for hydroxylation is 2. The van der Waals surface area contributed by atoms with E-state index in [4.69, 9.17) is 16.7 Å². The van der Waals surface area contributed by atoms with Gasteiger partial charge in [-0.05, 0) is 54.8 Å². The third kappa shape index (κ3) is 4.30. The molecule has 0 fully saturated rings. The lowest BCUT2D eigenvalue weighted by atomic mass is 10.1. The summed E-state index contributed by atoms with van der Waals surface area (Å²) in [5.41, 5.74) is 2.65. The number of rotatable bonds is 5. The van der Waals surface area contributed by atoms with E-state index in [1.807, 2.05) is 13.0 Å². The Bertz CT molecular complexity index is 729. The lowest BCUT2D eigenvalue weighted by Crippen LogP contribution is -1.97. The van der Waals surface area contributed by atoms with Crippen LogP contribution in [0.4, 0.5) is 11.4 Å². The van der Waals surface area contributed by atoms with Gasteiger partial charge in [-0.1, -0.05) is 17.7 Å². The normalized spacial score (nSPS) is 11.0. The summed E-state index contributed by atoms with van der Waals surface area (Å²) >= 11 is 6.02. The van der Waals surface area contributed by atoms with Gasteiger partial charge in [0.1, 0.15) is 5.75 Å². The van der Waals surface area contributed by atoms with Crippen molar-refractivity contribution in [3.8, 4) is 5.75 Å². The number of azo groups is 1. The highest BCUT2D eigenvalue weighted by molar-refractivity contribution is 6.31. The van der Waals surface area contributed by atoms with Crippen molar-refractivity contribution < 1.29 is 15.0 Å². The number of aliphatic carboxylic acids is 1. The van der Waals surface area contributed by atoms with Gasteiger partial charge in [0, 0.05) is 11.4 Å². The van der Waals surface area contributed by atoms with Crippen LogP contribution in [0.3, 0.4) is 0 Å². The highest BCUT2D eigenvalue weighted by Crippen LogP contribution is 2.27. The number of benzene rings is 2. The molecule has 0 aliphatic rings. The van der Waals surface area contributed by atoms with E-state index in [2.05, 4.69) is 10.2 Å². The fraction of sp³-hybridized carbons (Fsp3) is 0.188. The average molecular weight is 319 g/mol. The Balaban J connectivity index is 2.18. The van der Waals surface area contributed by atoms with Crippen LogP contribution in [-0.4, -0.2) is 16.2 Å². The molecule has 2 aromatic carbocycles. The number of nitrogens with zero attached hydrogens (tertiary/aromatic N) is 2. The molecule has 0 aromatic heterocycles. The topological polar surface area (TPSA) is 82.2 Å². The fourth-order valence-electron chi connectivity index (χ4n) is 1.84. The van der Waals surface area contributed by atoms with E-state index in [1.54, 1.807) is 24.3 Å². The zero-order valence-corrected chi connectivity index (χ0v) is 12.7. The monoisotopic (exact) mass is 318 g/mol. The van der Waals surface area contributed by atoms with Gasteiger partial charge in [-0.2, -0.15) is 10.2 Å². The van der Waals surface area contributed by atoms with Crippen molar-refractivity contribution in [3.63, 3.8) is 0 Å². The van der Waals surface area contributed by atoms with E-state index in [1.165, 1.54) is 6.07 Å². The van der Waals surface area contributed by atoms with Crippen LogP contribution in [0, 0.1) is 6.92 Å². The Kier molecular flexibility index (Phi) is 5.12. The molecule has 0 radical (unpaired) electrons. The van der Waals surface area contributed by atoms with Crippen molar-refractivity contribution >= 4 is 28.9 Å². The van der Waals surface area contributed by atoms with E-state index in [0.717, 1.165) is 5.56 Å². The van der Waals surface area contributed by atoms with E-state index >= 15 is 0 Å². The number of carboxylic acids is 1. The third-order valence-electron chi connectivity index (χ3n) is 3.11. The molecule has 2 rings (SSSR count). The number of aromatic hydroxyl groups is 1. The number of phenols is 1. The predicted octanol–water partition coefficient (Wildman–Crippen LogP) is 4.79. The zero-order valence-electron chi connectivity index (χ0n) is 12.0. The van der Waals surface area contributed by atoms with Crippen molar-refractivity contribution in [2.24, 2.45) is 10.2 Å². The number of phenolic OH excluding ortho intramolecular Hbond substituents is 1. The minimum atomic E-state index is -0.916. The van der Waals surface area contributed by atoms with Crippen LogP contribution in [-0.2, 0) is 11.2 Å². The molecule has 0 unspecified atom stereocenters. The van der Waals surface area contributed by atoms with Gasteiger partial charge in [-0.15, -0.1) is 0 Å². The van der Waals surface area contributed by atoms with Gasteiger partial charge in [0.2, 0.25) is 0 Å². The van der Waals surface area contributed by atoms with E-state index in [0.29, 0.717) is 22.0 Å². The second kappa shape index (κ2) is 7.04. The molecule has 0 saturated carbocycles. The molecule has 0 aliphatic heterocycles. The SMILES string of the molecule is Cc1ccc(/N=N/c2ccc(O)c(CCC(=O)O)c2)cc1Cl. The van der Waals surface area contributed by atoms with Crippen LogP contribution in [0.5, 0.6) is 5.75 Å². The lowest BCUT2D eigenvalue weighted by Gasteiger charge is -2.03. The summed E-state index contributed by atoms with van der Waals surface area (Å²) < 4.78 is 0. The lowest BCUT2D eigenvalue weighted by molar-refractivity contribution is -0.136. The highest BCUT2D eigenvalue weighted by atomic mass is 35.5. The summed E-state index contributed by atoms with van der Waals surface area (Å²) in [7, 11) is 0. The van der Waals surface area contributed by atoms with Crippen LogP contribution in [0.2, 0.25) is 5.02 Å². The molecule has 2 N–H and O–H groups in total. The van der Waals surface area contributed by atoms with E-state index < -0.39 is 5.97 Å². The number of carbonyl (C=O) groups is 1. The second-order valence-corrected chi connectivity index (χ2v) is 5.25. The molecule has 0 spiro atoms. The van der Waals surface area contributed by atoms with Crippen molar-refractivity contribution in [2.75, 3.05) is 0 Å². The molecular weight excluding hydrogens is 304 g/mol. The van der Waals surface area contributed by atoms with Gasteiger partial charge in [0.15, 0.2) is 0 Å². The average Bonchev–Trinajstić information content (AvgIpc) is 2.48. The number of hydrogen-bond acceptors (Lipinski definition) is 4. The summed E-state index contributed by atoms with van der Waals surface area (Å²) in [5, 5.41) is 27.2. The number of hydrogen-bond donors (Lipinski definition) is 2. The van der Waals surface area contributed by atoms with Crippen LogP contribution in [0.1, 0.15) is 17.5 Å². The van der Waals surface area contributed by atoms with Crippen LogP contribution in [0.15, 0.2) is 46.6 Å². The number of carboxylic acid groups (broad SMARTS) is 1. The van der Waals surface area contributed by atoms with Crippen molar-refractivity contribution in [3.05, 3.63) is 52.5 Å². The van der Waals surface area contributed by atoms with Crippen LogP contribution < -0.4 is 0 Å². The molecule has 0 bridgehead atoms. The zero-order chi connectivity index (χ0) is 16.1. The Morgan fingerprint density at radius 1 is 1.14 bits per heavy atom. The van der Waals surface area contributed by atoms with Crippen molar-refractivity contribution in [1.29, 1.82) is 0 Å². The van der Waals surface area contributed by atoms with Gasteiger partial charge >= 0.3 is 5.97 Å². The molecule has 0 saturated heterocycles. The fourth-order valence-corrected chi connectivity index (χ4v) is 2.01. The molecular formula is C16H15ClN2O3. The molecule has 0 atom stereocenters. The molecule has 5 nitrogen and oxygen atoms in total. The first-order valence-electron chi connectivity index (χ1n) is 6.67. The maximum Gasteiger partial charge on any atom is 0.303 e. The molecule has 114 valence electrons. The molecule has 2 aromatic rings. The van der Waals surface area contributed by atoms with Crippen LogP contribution >= 0.6 is 11.6 Å². The molecule has 0 heterocycles. The summed E-state index contributed by atoms with van der Waals surface area (Å²) in [6.07, 6.45) is 0.183. The number of halogens is 1. The first kappa shape index (κ1) is 16.0. The minimum Gasteiger partial charge on any atom is -0.508 e. The summed E-state index contributed by atoms with van der Waals surface area (Å²) in [4.78, 5) is 10.6. The smallest absolute Gasteiger partial charge is 0.303 e. The first-order valence-corrected chi connectivity index (χ1v) is 7.05. The van der Waals surface area contributed by atoms with Crippen LogP contribution in [0.25, 0.3) is 0 Å². The Hall–Kier alpha value is -2.40. The van der Waals surface area contributed by atoms with Crippen molar-refractivity contribution in [2.45, 2.75) is 19.8 Å². The van der Waals surface area contributed by atoms with Gasteiger partial charge < -0.3 is 10.2 Å².